The van der Waals surface area contributed by atoms with E-state index in [1.54, 1.807) is 0 Å². The van der Waals surface area contributed by atoms with Crippen LogP contribution in [-0.4, -0.2) is 0 Å². The topological polar surface area (TPSA) is 0 Å². The maximum absolute atomic E-state index is 2.52. The molecule has 0 heteroatoms. The average Bonchev–Trinajstić information content (AvgIpc) is 2.20. The van der Waals surface area contributed by atoms with Gasteiger partial charge in [0.15, 0.2) is 0 Å². The van der Waals surface area contributed by atoms with Crippen LogP contribution in [-0.2, 0) is 0 Å². The molecule has 0 N–H and O–H groups in total. The van der Waals surface area contributed by atoms with Crippen molar-refractivity contribution in [2.24, 2.45) is 29.6 Å². The van der Waals surface area contributed by atoms with Gasteiger partial charge in [0.1, 0.15) is 0 Å². The summed E-state index contributed by atoms with van der Waals surface area (Å²) >= 11 is 0. The van der Waals surface area contributed by atoms with Crippen LogP contribution < -0.4 is 0 Å². The first-order chi connectivity index (χ1) is 7.20. The van der Waals surface area contributed by atoms with Gasteiger partial charge in [-0.3, -0.25) is 0 Å². The van der Waals surface area contributed by atoms with Gasteiger partial charge < -0.3 is 0 Å². The molecule has 2 aliphatic carbocycles. The van der Waals surface area contributed by atoms with Crippen molar-refractivity contribution in [1.82, 2.24) is 0 Å². The molecule has 0 aliphatic heterocycles. The Kier molecular flexibility index (Phi) is 3.74. The second kappa shape index (κ2) is 4.89. The minimum absolute atomic E-state index is 0.999. The molecule has 4 atom stereocenters. The Balaban J connectivity index is 2.05. The summed E-state index contributed by atoms with van der Waals surface area (Å²) in [5.41, 5.74) is 0. The second-order valence-corrected chi connectivity index (χ2v) is 6.39. The van der Waals surface area contributed by atoms with E-state index in [0.717, 1.165) is 29.6 Å². The fourth-order valence-electron chi connectivity index (χ4n) is 4.47. The van der Waals surface area contributed by atoms with Gasteiger partial charge in [0.2, 0.25) is 0 Å². The third-order valence-electron chi connectivity index (χ3n) is 5.31. The predicted octanol–water partition coefficient (Wildman–Crippen LogP) is 4.89. The van der Waals surface area contributed by atoms with Crippen molar-refractivity contribution in [2.75, 3.05) is 0 Å². The van der Waals surface area contributed by atoms with E-state index in [4.69, 9.17) is 0 Å². The highest BCUT2D eigenvalue weighted by Crippen LogP contribution is 2.46. The van der Waals surface area contributed by atoms with E-state index in [1.165, 1.54) is 44.9 Å². The molecule has 0 nitrogen and oxygen atoms in total. The van der Waals surface area contributed by atoms with Gasteiger partial charge >= 0.3 is 0 Å². The minimum atomic E-state index is 0.999. The number of hydrogen-bond donors (Lipinski definition) is 0. The molecule has 2 fully saturated rings. The number of rotatable bonds is 1. The Labute approximate surface area is 95.8 Å². The van der Waals surface area contributed by atoms with Crippen LogP contribution in [0.4, 0.5) is 0 Å². The van der Waals surface area contributed by atoms with E-state index < -0.39 is 0 Å². The van der Waals surface area contributed by atoms with Gasteiger partial charge in [0.05, 0.1) is 0 Å². The zero-order valence-electron chi connectivity index (χ0n) is 10.8. The van der Waals surface area contributed by atoms with Crippen molar-refractivity contribution in [3.63, 3.8) is 0 Å². The molecule has 88 valence electrons. The summed E-state index contributed by atoms with van der Waals surface area (Å²) in [6, 6.07) is 0. The van der Waals surface area contributed by atoms with Crippen molar-refractivity contribution >= 4 is 0 Å². The van der Waals surface area contributed by atoms with Crippen LogP contribution in [0, 0.1) is 29.6 Å². The fourth-order valence-corrected chi connectivity index (χ4v) is 4.47. The molecular weight excluding hydrogens is 180 g/mol. The molecule has 0 amide bonds. The van der Waals surface area contributed by atoms with Crippen molar-refractivity contribution in [3.8, 4) is 0 Å². The zero-order chi connectivity index (χ0) is 10.8. The van der Waals surface area contributed by atoms with Crippen LogP contribution in [0.1, 0.15) is 65.7 Å². The molecule has 2 saturated carbocycles. The van der Waals surface area contributed by atoms with Crippen molar-refractivity contribution < 1.29 is 0 Å². The molecule has 0 spiro atoms. The van der Waals surface area contributed by atoms with Gasteiger partial charge in [-0.25, -0.2) is 0 Å². The molecule has 4 unspecified atom stereocenters. The summed E-state index contributed by atoms with van der Waals surface area (Å²) in [7, 11) is 0. The molecule has 15 heavy (non-hydrogen) atoms. The van der Waals surface area contributed by atoms with Gasteiger partial charge in [-0.1, -0.05) is 59.3 Å². The fraction of sp³-hybridized carbons (Fsp3) is 1.00. The van der Waals surface area contributed by atoms with Gasteiger partial charge in [0.25, 0.3) is 0 Å². The first-order valence-electron chi connectivity index (χ1n) is 7.20. The molecule has 0 heterocycles. The van der Waals surface area contributed by atoms with Crippen molar-refractivity contribution in [3.05, 3.63) is 0 Å². The lowest BCUT2D eigenvalue weighted by atomic mass is 9.61. The standard InChI is InChI=1S/C15H28/c1-11-7-4-5-10-14(11)15-12(2)8-6-9-13(15)3/h11-15H,4-10H2,1-3H3. The lowest BCUT2D eigenvalue weighted by molar-refractivity contribution is 0.0551. The van der Waals surface area contributed by atoms with Crippen LogP contribution in [0.15, 0.2) is 0 Å². The third-order valence-corrected chi connectivity index (χ3v) is 5.31. The average molecular weight is 208 g/mol. The normalized spacial score (nSPS) is 47.8. The Hall–Kier alpha value is 0. The van der Waals surface area contributed by atoms with E-state index in [9.17, 15) is 0 Å². The van der Waals surface area contributed by atoms with Gasteiger partial charge in [-0.15, -0.1) is 0 Å². The summed E-state index contributed by atoms with van der Waals surface area (Å²) in [5, 5.41) is 0. The smallest absolute Gasteiger partial charge is 0.0332 e. The Bertz CT molecular complexity index is 186. The predicted molar refractivity (Wildman–Crippen MR) is 66.8 cm³/mol. The maximum Gasteiger partial charge on any atom is -0.0332 e. The van der Waals surface area contributed by atoms with E-state index >= 15 is 0 Å². The molecule has 0 aromatic rings. The highest BCUT2D eigenvalue weighted by atomic mass is 14.4. The van der Waals surface area contributed by atoms with E-state index in [0.29, 0.717) is 0 Å². The minimum Gasteiger partial charge on any atom is -0.0622 e. The van der Waals surface area contributed by atoms with Gasteiger partial charge in [-0.2, -0.15) is 0 Å². The van der Waals surface area contributed by atoms with Crippen molar-refractivity contribution in [1.29, 1.82) is 0 Å². The van der Waals surface area contributed by atoms with Crippen molar-refractivity contribution in [2.45, 2.75) is 65.7 Å². The molecule has 0 aromatic carbocycles. The molecule has 2 rings (SSSR count). The van der Waals surface area contributed by atoms with E-state index in [-0.39, 0.29) is 0 Å². The zero-order valence-corrected chi connectivity index (χ0v) is 10.8. The monoisotopic (exact) mass is 208 g/mol. The van der Waals surface area contributed by atoms with Crippen LogP contribution >= 0.6 is 0 Å². The van der Waals surface area contributed by atoms with Crippen LogP contribution in [0.5, 0.6) is 0 Å². The lowest BCUT2D eigenvalue weighted by Gasteiger charge is -2.44. The quantitative estimate of drug-likeness (QED) is 0.576. The third kappa shape index (κ3) is 2.40. The first kappa shape index (κ1) is 11.5. The largest absolute Gasteiger partial charge is 0.0622 e. The summed E-state index contributed by atoms with van der Waals surface area (Å²) < 4.78 is 0. The summed E-state index contributed by atoms with van der Waals surface area (Å²) in [5.74, 6) is 5.11. The number of hydrogen-bond acceptors (Lipinski definition) is 0. The Morgan fingerprint density at radius 2 is 1.13 bits per heavy atom. The van der Waals surface area contributed by atoms with Crippen LogP contribution in [0.3, 0.4) is 0 Å². The molecule has 0 radical (unpaired) electrons. The maximum atomic E-state index is 2.52. The summed E-state index contributed by atoms with van der Waals surface area (Å²) in [6.45, 7) is 7.54. The Morgan fingerprint density at radius 3 is 1.73 bits per heavy atom. The Morgan fingerprint density at radius 1 is 0.600 bits per heavy atom. The SMILES string of the molecule is CC1CCCCC1C1C(C)CCCC1C. The highest BCUT2D eigenvalue weighted by molar-refractivity contribution is 4.87. The highest BCUT2D eigenvalue weighted by Gasteiger charge is 2.37. The molecular formula is C15H28. The van der Waals surface area contributed by atoms with Gasteiger partial charge in [-0.05, 0) is 36.0 Å². The first-order valence-corrected chi connectivity index (χ1v) is 7.20. The summed E-state index contributed by atoms with van der Waals surface area (Å²) in [4.78, 5) is 0. The molecule has 0 aromatic heterocycles. The summed E-state index contributed by atoms with van der Waals surface area (Å²) in [6.07, 6.45) is 10.5. The molecule has 2 aliphatic rings. The van der Waals surface area contributed by atoms with E-state index in [2.05, 4.69) is 20.8 Å². The molecule has 0 saturated heterocycles. The molecule has 0 bridgehead atoms. The second-order valence-electron chi connectivity index (χ2n) is 6.39. The van der Waals surface area contributed by atoms with Crippen LogP contribution in [0.25, 0.3) is 0 Å². The van der Waals surface area contributed by atoms with Gasteiger partial charge in [0, 0.05) is 0 Å². The lowest BCUT2D eigenvalue weighted by Crippen LogP contribution is -2.36. The van der Waals surface area contributed by atoms with Crippen LogP contribution in [0.2, 0.25) is 0 Å². The van der Waals surface area contributed by atoms with E-state index in [1.807, 2.05) is 0 Å².